The van der Waals surface area contributed by atoms with E-state index < -0.39 is 18.1 Å². The normalized spacial score (nSPS) is 18.0. The van der Waals surface area contributed by atoms with Crippen molar-refractivity contribution < 1.29 is 19.4 Å². The van der Waals surface area contributed by atoms with E-state index >= 15 is 0 Å². The molecule has 1 heterocycles. The molecule has 1 aliphatic rings. The molecule has 2 rings (SSSR count). The summed E-state index contributed by atoms with van der Waals surface area (Å²) in [5, 5.41) is 17.9. The van der Waals surface area contributed by atoms with Crippen LogP contribution in [-0.2, 0) is 14.3 Å². The maximum atomic E-state index is 12.5. The van der Waals surface area contributed by atoms with Gasteiger partial charge in [0.1, 0.15) is 11.8 Å². The predicted molar refractivity (Wildman–Crippen MR) is 90.7 cm³/mol. The lowest BCUT2D eigenvalue weighted by atomic mass is 10.1. The third-order valence-electron chi connectivity index (χ3n) is 3.61. The molecule has 1 amide bonds. The summed E-state index contributed by atoms with van der Waals surface area (Å²) in [5.74, 6) is -0.736. The Balaban J connectivity index is 2.13. The van der Waals surface area contributed by atoms with Crippen molar-refractivity contribution in [2.24, 2.45) is 5.10 Å². The number of aliphatic hydroxyl groups excluding tert-OH is 1. The van der Waals surface area contributed by atoms with Crippen LogP contribution in [0.4, 0.5) is 5.69 Å². The van der Waals surface area contributed by atoms with E-state index in [0.29, 0.717) is 13.0 Å². The van der Waals surface area contributed by atoms with Gasteiger partial charge in [-0.25, -0.2) is 4.79 Å². The van der Waals surface area contributed by atoms with Crippen LogP contribution in [0.25, 0.3) is 0 Å². The van der Waals surface area contributed by atoms with Crippen molar-refractivity contribution in [1.29, 1.82) is 0 Å². The van der Waals surface area contributed by atoms with Crippen LogP contribution in [0, 0.1) is 0 Å². The molecule has 1 aromatic carbocycles. The van der Waals surface area contributed by atoms with E-state index in [1.165, 1.54) is 0 Å². The van der Waals surface area contributed by atoms with E-state index in [1.807, 2.05) is 30.3 Å². The van der Waals surface area contributed by atoms with Crippen molar-refractivity contribution in [3.8, 4) is 0 Å². The number of hydrogen-bond donors (Lipinski definition) is 2. The molecule has 0 aromatic heterocycles. The summed E-state index contributed by atoms with van der Waals surface area (Å²) in [6, 6.07) is 8.60. The fourth-order valence-corrected chi connectivity index (χ4v) is 2.39. The van der Waals surface area contributed by atoms with Gasteiger partial charge in [0.25, 0.3) is 0 Å². The molecule has 0 saturated heterocycles. The Bertz CT molecular complexity index is 601. The zero-order valence-electron chi connectivity index (χ0n) is 13.9. The minimum absolute atomic E-state index is 0.189. The lowest BCUT2D eigenvalue weighted by Gasteiger charge is -2.22. The molecule has 130 valence electrons. The number of esters is 1. The molecule has 24 heavy (non-hydrogen) atoms. The summed E-state index contributed by atoms with van der Waals surface area (Å²) in [5.41, 5.74) is 0.962. The summed E-state index contributed by atoms with van der Waals surface area (Å²) in [6.45, 7) is 4.02. The fraction of sp³-hybridized carbons (Fsp3) is 0.471. The molecule has 1 aliphatic heterocycles. The van der Waals surface area contributed by atoms with E-state index in [1.54, 1.807) is 18.9 Å². The van der Waals surface area contributed by atoms with E-state index in [2.05, 4.69) is 10.4 Å². The summed E-state index contributed by atoms with van der Waals surface area (Å²) >= 11 is 0. The van der Waals surface area contributed by atoms with E-state index in [9.17, 15) is 14.7 Å². The Morgan fingerprint density at radius 1 is 1.42 bits per heavy atom. The quantitative estimate of drug-likeness (QED) is 0.729. The molecular formula is C17H23N3O4. The van der Waals surface area contributed by atoms with Gasteiger partial charge >= 0.3 is 5.97 Å². The topological polar surface area (TPSA) is 91.2 Å². The van der Waals surface area contributed by atoms with Crippen LogP contribution in [-0.4, -0.2) is 48.0 Å². The van der Waals surface area contributed by atoms with Crippen LogP contribution in [0.1, 0.15) is 26.7 Å². The summed E-state index contributed by atoms with van der Waals surface area (Å²) < 4.78 is 4.99. The highest BCUT2D eigenvalue weighted by atomic mass is 16.5. The predicted octanol–water partition coefficient (Wildman–Crippen LogP) is 1.07. The largest absolute Gasteiger partial charge is 0.461 e. The molecule has 7 heteroatoms. The number of amides is 1. The molecule has 0 spiro atoms. The number of hydrogen-bond acceptors (Lipinski definition) is 6. The van der Waals surface area contributed by atoms with Gasteiger partial charge < -0.3 is 15.2 Å². The average Bonchev–Trinajstić information content (AvgIpc) is 3.01. The number of carbonyl (C=O) groups is 2. The molecule has 2 atom stereocenters. The SMILES string of the molecule is CCOC(=O)C1=NN(c2ccccc2)[C@H](C(=O)NCC[C@@H](C)O)C1. The molecule has 0 aliphatic carbocycles. The van der Waals surface area contributed by atoms with Gasteiger partial charge in [-0.05, 0) is 32.4 Å². The minimum Gasteiger partial charge on any atom is -0.461 e. The molecule has 2 N–H and O–H groups in total. The Kier molecular flexibility index (Phi) is 6.31. The molecule has 0 saturated carbocycles. The molecule has 0 bridgehead atoms. The number of rotatable bonds is 7. The Hall–Kier alpha value is -2.41. The second-order valence-electron chi connectivity index (χ2n) is 5.60. The Labute approximate surface area is 141 Å². The number of anilines is 1. The number of para-hydroxylation sites is 1. The van der Waals surface area contributed by atoms with Crippen LogP contribution >= 0.6 is 0 Å². The van der Waals surface area contributed by atoms with Crippen LogP contribution in [0.3, 0.4) is 0 Å². The molecule has 7 nitrogen and oxygen atoms in total. The summed E-state index contributed by atoms with van der Waals surface area (Å²) in [6.07, 6.45) is 0.175. The van der Waals surface area contributed by atoms with Gasteiger partial charge in [0.15, 0.2) is 0 Å². The zero-order valence-corrected chi connectivity index (χ0v) is 13.9. The van der Waals surface area contributed by atoms with Crippen LogP contribution in [0.2, 0.25) is 0 Å². The van der Waals surface area contributed by atoms with E-state index in [0.717, 1.165) is 5.69 Å². The zero-order chi connectivity index (χ0) is 17.5. The van der Waals surface area contributed by atoms with Gasteiger partial charge in [0.2, 0.25) is 5.91 Å². The first kappa shape index (κ1) is 17.9. The van der Waals surface area contributed by atoms with Gasteiger partial charge in [-0.3, -0.25) is 9.80 Å². The van der Waals surface area contributed by atoms with Crippen LogP contribution < -0.4 is 10.3 Å². The minimum atomic E-state index is -0.610. The second kappa shape index (κ2) is 8.44. The van der Waals surface area contributed by atoms with Crippen molar-refractivity contribution in [3.05, 3.63) is 30.3 Å². The standard InChI is InChI=1S/C17H23N3O4/c1-3-24-17(23)14-11-15(16(22)18-10-9-12(2)21)20(19-14)13-7-5-4-6-8-13/h4-8,12,15,21H,3,9-11H2,1-2H3,(H,18,22)/t12-,15+/m1/s1. The van der Waals surface area contributed by atoms with Gasteiger partial charge in [-0.1, -0.05) is 18.2 Å². The van der Waals surface area contributed by atoms with Crippen molar-refractivity contribution >= 4 is 23.3 Å². The van der Waals surface area contributed by atoms with Crippen molar-refractivity contribution in [3.63, 3.8) is 0 Å². The van der Waals surface area contributed by atoms with Crippen LogP contribution in [0.5, 0.6) is 0 Å². The van der Waals surface area contributed by atoms with Crippen LogP contribution in [0.15, 0.2) is 35.4 Å². The van der Waals surface area contributed by atoms with Crippen molar-refractivity contribution in [1.82, 2.24) is 5.32 Å². The first-order chi connectivity index (χ1) is 11.5. The molecule has 0 unspecified atom stereocenters. The highest BCUT2D eigenvalue weighted by Gasteiger charge is 2.36. The van der Waals surface area contributed by atoms with E-state index in [4.69, 9.17) is 4.74 Å². The number of hydrazone groups is 1. The van der Waals surface area contributed by atoms with Gasteiger partial charge in [0.05, 0.1) is 18.4 Å². The average molecular weight is 333 g/mol. The third-order valence-corrected chi connectivity index (χ3v) is 3.61. The first-order valence-corrected chi connectivity index (χ1v) is 8.07. The number of nitrogens with one attached hydrogen (secondary N) is 1. The third kappa shape index (κ3) is 4.55. The number of benzene rings is 1. The molecular weight excluding hydrogens is 310 g/mol. The first-order valence-electron chi connectivity index (χ1n) is 8.07. The van der Waals surface area contributed by atoms with Gasteiger partial charge in [-0.2, -0.15) is 5.10 Å². The number of ether oxygens (including phenoxy) is 1. The summed E-state index contributed by atoms with van der Waals surface area (Å²) in [4.78, 5) is 24.4. The fourth-order valence-electron chi connectivity index (χ4n) is 2.39. The monoisotopic (exact) mass is 333 g/mol. The number of nitrogens with zero attached hydrogens (tertiary/aromatic N) is 2. The Morgan fingerprint density at radius 2 is 2.12 bits per heavy atom. The van der Waals surface area contributed by atoms with Gasteiger partial charge in [-0.15, -0.1) is 0 Å². The Morgan fingerprint density at radius 3 is 2.75 bits per heavy atom. The molecule has 0 radical (unpaired) electrons. The van der Waals surface area contributed by atoms with E-state index in [-0.39, 0.29) is 24.6 Å². The van der Waals surface area contributed by atoms with Crippen molar-refractivity contribution in [2.45, 2.75) is 38.8 Å². The highest BCUT2D eigenvalue weighted by molar-refractivity contribution is 6.38. The maximum Gasteiger partial charge on any atom is 0.354 e. The number of carbonyl (C=O) groups excluding carboxylic acids is 2. The number of aliphatic hydroxyl groups is 1. The maximum absolute atomic E-state index is 12.5. The lowest BCUT2D eigenvalue weighted by molar-refractivity contribution is -0.135. The second-order valence-corrected chi connectivity index (χ2v) is 5.60. The lowest BCUT2D eigenvalue weighted by Crippen LogP contribution is -2.43. The van der Waals surface area contributed by atoms with Crippen molar-refractivity contribution in [2.75, 3.05) is 18.2 Å². The van der Waals surface area contributed by atoms with Gasteiger partial charge in [0, 0.05) is 13.0 Å². The summed E-state index contributed by atoms with van der Waals surface area (Å²) in [7, 11) is 0. The molecule has 0 fully saturated rings. The highest BCUT2D eigenvalue weighted by Crippen LogP contribution is 2.25. The molecule has 1 aromatic rings. The smallest absolute Gasteiger partial charge is 0.354 e.